The zero-order valence-electron chi connectivity index (χ0n) is 41.7. The van der Waals surface area contributed by atoms with Crippen LogP contribution in [0, 0.1) is 34.8 Å². The van der Waals surface area contributed by atoms with Crippen LogP contribution in [0.2, 0.25) is 16.6 Å². The second-order valence-electron chi connectivity index (χ2n) is 19.9. The summed E-state index contributed by atoms with van der Waals surface area (Å²) in [6.45, 7) is 11.2. The summed E-state index contributed by atoms with van der Waals surface area (Å²) in [4.78, 5) is 22.5. The highest BCUT2D eigenvalue weighted by atomic mass is 28.3. The zero-order valence-corrected chi connectivity index (χ0v) is 40.7. The highest BCUT2D eigenvalue weighted by molar-refractivity contribution is 6.90. The molecule has 4 aromatic carbocycles. The number of alkyl halides is 2. The molecule has 14 heteroatoms. The van der Waals surface area contributed by atoms with Gasteiger partial charge in [-0.3, -0.25) is 9.88 Å². The minimum Gasteiger partial charge on any atom is -0.461 e. The molecule has 0 radical (unpaired) electrons. The molecule has 3 saturated heterocycles. The van der Waals surface area contributed by atoms with Crippen molar-refractivity contribution in [2.75, 3.05) is 44.3 Å². The van der Waals surface area contributed by atoms with E-state index >= 15 is 22.0 Å². The van der Waals surface area contributed by atoms with E-state index in [0.29, 0.717) is 25.1 Å². The van der Waals surface area contributed by atoms with Gasteiger partial charge in [0.25, 0.3) is 0 Å². The van der Waals surface area contributed by atoms with Gasteiger partial charge in [-0.2, -0.15) is 9.97 Å². The van der Waals surface area contributed by atoms with E-state index < -0.39 is 67.9 Å². The molecule has 358 valence electrons. The SMILES string of the molecule is [2H]C([2H])(Oc1nc(N2CCOC[C@H]3[C@@H](F)[C@H]32)c2cnc(-c3cc(N=C(c4ccccc4)c4ccccc4)cc4cc(F)c(F)c(C#C[Si](C(C)C)(C(C)C)C(C)C)c34)c(F)c2n1)[C@@]12CCCN1C[C@H](F)C2. The Hall–Kier alpha value is -5.75. The number of anilines is 1. The number of halogens is 5. The zero-order chi connectivity index (χ0) is 50.1. The van der Waals surface area contributed by atoms with Gasteiger partial charge in [0.1, 0.15) is 44.0 Å². The molecule has 10 rings (SSSR count). The molecule has 0 N–H and O–H groups in total. The molecule has 69 heavy (non-hydrogen) atoms. The third kappa shape index (κ3) is 8.38. The fourth-order valence-electron chi connectivity index (χ4n) is 11.6. The predicted octanol–water partition coefficient (Wildman–Crippen LogP) is 12.1. The molecule has 1 aliphatic carbocycles. The Labute approximate surface area is 404 Å². The molecule has 5 heterocycles. The van der Waals surface area contributed by atoms with Crippen LogP contribution in [0.15, 0.2) is 90.1 Å². The third-order valence-electron chi connectivity index (χ3n) is 15.0. The number of pyridine rings is 1. The average molecular weight is 959 g/mol. The van der Waals surface area contributed by atoms with Gasteiger partial charge in [0, 0.05) is 53.7 Å². The fraction of sp³-hybridized carbons (Fsp3) is 0.418. The third-order valence-corrected chi connectivity index (χ3v) is 21.3. The van der Waals surface area contributed by atoms with Crippen molar-refractivity contribution in [3.8, 4) is 28.7 Å². The van der Waals surface area contributed by atoms with E-state index in [1.165, 1.54) is 6.20 Å². The number of ether oxygens (including phenoxy) is 2. The first kappa shape index (κ1) is 44.5. The van der Waals surface area contributed by atoms with Crippen LogP contribution in [0.5, 0.6) is 6.01 Å². The lowest BCUT2D eigenvalue weighted by Crippen LogP contribution is -2.43. The molecule has 4 fully saturated rings. The standard InChI is InChI=1S/C55H57F5N6O2Si/c1-32(2)69(33(3)4,34(5)6)23-18-40-45-37(25-44(57)46(40)58)24-39(62-49(35-14-9-7-10-15-35)36-16-11-8-12-17-36)26-41(45)50-48(60)51-42(28-61-50)53(66-21-22-67-30-43-47(59)52(43)66)64-54(63-51)68-31-55-19-13-20-65(55)29-38(56)27-55/h7-12,14-17,24-26,28,32-34,38,43,47,52H,13,19-22,27,29-31H2,1-6H3/t38-,43+,47-,52+,55+/m1/s1/i31D2. The van der Waals surface area contributed by atoms with Gasteiger partial charge >= 0.3 is 6.01 Å². The van der Waals surface area contributed by atoms with Gasteiger partial charge in [-0.1, -0.05) is 108 Å². The normalized spacial score (nSPS) is 23.1. The van der Waals surface area contributed by atoms with Crippen LogP contribution < -0.4 is 9.64 Å². The summed E-state index contributed by atoms with van der Waals surface area (Å²) >= 11 is 0. The Balaban J connectivity index is 1.24. The van der Waals surface area contributed by atoms with E-state index in [0.717, 1.165) is 17.2 Å². The molecule has 0 amide bonds. The molecule has 3 aliphatic heterocycles. The van der Waals surface area contributed by atoms with Crippen molar-refractivity contribution >= 4 is 47.0 Å². The van der Waals surface area contributed by atoms with Gasteiger partial charge in [0.2, 0.25) is 0 Å². The number of fused-ring (bicyclic) bond motifs is 4. The number of benzene rings is 4. The first-order valence-corrected chi connectivity index (χ1v) is 26.3. The highest BCUT2D eigenvalue weighted by Gasteiger charge is 2.57. The second-order valence-corrected chi connectivity index (χ2v) is 25.5. The maximum absolute atomic E-state index is 18.3. The summed E-state index contributed by atoms with van der Waals surface area (Å²) in [7, 11) is -2.56. The topological polar surface area (TPSA) is 76.0 Å². The largest absolute Gasteiger partial charge is 0.461 e. The molecule has 6 aromatic rings. The van der Waals surface area contributed by atoms with E-state index in [-0.39, 0.29) is 99.3 Å². The number of nitrogens with zero attached hydrogens (tertiary/aromatic N) is 6. The summed E-state index contributed by atoms with van der Waals surface area (Å²) < 4.78 is 112. The van der Waals surface area contributed by atoms with Crippen molar-refractivity contribution in [1.82, 2.24) is 19.9 Å². The predicted molar refractivity (Wildman–Crippen MR) is 265 cm³/mol. The van der Waals surface area contributed by atoms with Gasteiger partial charge < -0.3 is 14.4 Å². The summed E-state index contributed by atoms with van der Waals surface area (Å²) in [5, 5.41) is 0.382. The van der Waals surface area contributed by atoms with Crippen LogP contribution in [-0.2, 0) is 4.74 Å². The van der Waals surface area contributed by atoms with Crippen LogP contribution >= 0.6 is 0 Å². The molecular formula is C55H57F5N6O2Si. The smallest absolute Gasteiger partial charge is 0.319 e. The maximum atomic E-state index is 18.3. The van der Waals surface area contributed by atoms with E-state index in [1.807, 2.05) is 60.7 Å². The summed E-state index contributed by atoms with van der Waals surface area (Å²) in [6.07, 6.45) is -0.360. The van der Waals surface area contributed by atoms with Gasteiger partial charge in [-0.15, -0.1) is 5.54 Å². The Morgan fingerprint density at radius 2 is 1.62 bits per heavy atom. The molecule has 0 spiro atoms. The molecule has 5 atom stereocenters. The van der Waals surface area contributed by atoms with Crippen LogP contribution in [0.4, 0.5) is 33.5 Å². The molecule has 1 saturated carbocycles. The molecular weight excluding hydrogens is 900 g/mol. The highest BCUT2D eigenvalue weighted by Crippen LogP contribution is 2.47. The molecule has 0 unspecified atom stereocenters. The van der Waals surface area contributed by atoms with Gasteiger partial charge in [-0.05, 0) is 59.6 Å². The van der Waals surface area contributed by atoms with Crippen LogP contribution in [0.3, 0.4) is 0 Å². The van der Waals surface area contributed by atoms with Crippen LogP contribution in [0.25, 0.3) is 32.9 Å². The minimum absolute atomic E-state index is 0.0443. The van der Waals surface area contributed by atoms with E-state index in [9.17, 15) is 2.74 Å². The number of rotatable bonds is 11. The Morgan fingerprint density at radius 1 is 0.928 bits per heavy atom. The lowest BCUT2D eigenvalue weighted by atomic mass is 9.94. The van der Waals surface area contributed by atoms with E-state index in [1.54, 1.807) is 21.9 Å². The van der Waals surface area contributed by atoms with Crippen molar-refractivity contribution in [2.45, 2.75) is 101 Å². The minimum atomic E-state index is -2.56. The van der Waals surface area contributed by atoms with E-state index in [4.69, 9.17) is 19.5 Å². The molecule has 2 aromatic heterocycles. The lowest BCUT2D eigenvalue weighted by Gasteiger charge is -2.38. The lowest BCUT2D eigenvalue weighted by molar-refractivity contribution is 0.107. The van der Waals surface area contributed by atoms with Crippen molar-refractivity contribution in [3.05, 3.63) is 119 Å². The Bertz CT molecular complexity index is 3060. The first-order chi connectivity index (χ1) is 34.0. The van der Waals surface area contributed by atoms with Gasteiger partial charge in [0.15, 0.2) is 17.5 Å². The van der Waals surface area contributed by atoms with Crippen LogP contribution in [-0.4, -0.2) is 97.0 Å². The number of aromatic nitrogens is 3. The maximum Gasteiger partial charge on any atom is 0.319 e. The average Bonchev–Trinajstić information content (AvgIpc) is 3.70. The van der Waals surface area contributed by atoms with Crippen molar-refractivity contribution in [3.63, 3.8) is 0 Å². The summed E-state index contributed by atoms with van der Waals surface area (Å²) in [6, 6.07) is 22.0. The van der Waals surface area contributed by atoms with E-state index in [2.05, 4.69) is 63.0 Å². The molecule has 0 bridgehead atoms. The number of aliphatic imine (C=N–C) groups is 1. The summed E-state index contributed by atoms with van der Waals surface area (Å²) in [5.41, 5.74) is 4.21. The van der Waals surface area contributed by atoms with Crippen molar-refractivity contribution < 1.29 is 34.2 Å². The van der Waals surface area contributed by atoms with Crippen LogP contribution in [0.1, 0.15) is 80.2 Å². The Morgan fingerprint density at radius 3 is 2.30 bits per heavy atom. The summed E-state index contributed by atoms with van der Waals surface area (Å²) in [5.74, 6) is -0.605. The van der Waals surface area contributed by atoms with Gasteiger partial charge in [-0.25, -0.2) is 26.9 Å². The first-order valence-electron chi connectivity index (χ1n) is 25.1. The quantitative estimate of drug-likeness (QED) is 0.0554. The monoisotopic (exact) mass is 958 g/mol. The van der Waals surface area contributed by atoms with Crippen molar-refractivity contribution in [2.24, 2.45) is 10.9 Å². The number of hydrogen-bond acceptors (Lipinski definition) is 8. The fourth-order valence-corrected chi connectivity index (χ4v) is 16.8. The molecule has 4 aliphatic rings. The Kier molecular flexibility index (Phi) is 11.9. The van der Waals surface area contributed by atoms with Gasteiger partial charge in [0.05, 0.1) is 49.9 Å². The second kappa shape index (κ2) is 18.5. The molecule has 8 nitrogen and oxygen atoms in total. The number of hydrogen-bond donors (Lipinski definition) is 0. The van der Waals surface area contributed by atoms with Crippen molar-refractivity contribution in [1.29, 1.82) is 0 Å².